The van der Waals surface area contributed by atoms with Crippen LogP contribution in [0.15, 0.2) is 24.3 Å². The van der Waals surface area contributed by atoms with Crippen molar-refractivity contribution in [3.63, 3.8) is 0 Å². The summed E-state index contributed by atoms with van der Waals surface area (Å²) < 4.78 is 5.21. The molecule has 0 aromatic heterocycles. The van der Waals surface area contributed by atoms with Gasteiger partial charge in [0.25, 0.3) is 0 Å². The monoisotopic (exact) mass is 277 g/mol. The summed E-state index contributed by atoms with van der Waals surface area (Å²) in [7, 11) is 1.67. The van der Waals surface area contributed by atoms with Gasteiger partial charge in [0.05, 0.1) is 13.0 Å². The van der Waals surface area contributed by atoms with E-state index in [1.807, 2.05) is 18.2 Å². The smallest absolute Gasteiger partial charge is 0.306 e. The molecule has 0 saturated heterocycles. The van der Waals surface area contributed by atoms with Gasteiger partial charge in [-0.1, -0.05) is 18.6 Å². The minimum Gasteiger partial charge on any atom is -0.497 e. The Labute approximate surface area is 120 Å². The fraction of sp³-hybridized carbons (Fsp3) is 0.562. The molecule has 1 aromatic rings. The van der Waals surface area contributed by atoms with E-state index >= 15 is 0 Å². The minimum absolute atomic E-state index is 0.168. The van der Waals surface area contributed by atoms with Crippen LogP contribution in [0.25, 0.3) is 0 Å². The molecule has 2 N–H and O–H groups in total. The number of hydrogen-bond donors (Lipinski definition) is 2. The van der Waals surface area contributed by atoms with Crippen LogP contribution in [0.4, 0.5) is 0 Å². The fourth-order valence-corrected chi connectivity index (χ4v) is 2.85. The van der Waals surface area contributed by atoms with Crippen LogP contribution in [0.5, 0.6) is 5.75 Å². The van der Waals surface area contributed by atoms with E-state index in [4.69, 9.17) is 9.84 Å². The highest BCUT2D eigenvalue weighted by molar-refractivity contribution is 5.70. The van der Waals surface area contributed by atoms with Crippen molar-refractivity contribution in [2.45, 2.75) is 38.1 Å². The fourth-order valence-electron chi connectivity index (χ4n) is 2.85. The molecule has 4 nitrogen and oxygen atoms in total. The van der Waals surface area contributed by atoms with Gasteiger partial charge in [-0.25, -0.2) is 0 Å². The average Bonchev–Trinajstić information content (AvgIpc) is 2.48. The highest BCUT2D eigenvalue weighted by Gasteiger charge is 2.26. The van der Waals surface area contributed by atoms with Gasteiger partial charge >= 0.3 is 5.97 Å². The van der Waals surface area contributed by atoms with Crippen molar-refractivity contribution in [3.05, 3.63) is 29.8 Å². The van der Waals surface area contributed by atoms with Gasteiger partial charge in [-0.3, -0.25) is 4.79 Å². The Morgan fingerprint density at radius 2 is 2.30 bits per heavy atom. The molecule has 0 amide bonds. The number of methoxy groups -OCH3 is 1. The van der Waals surface area contributed by atoms with E-state index in [-0.39, 0.29) is 5.92 Å². The van der Waals surface area contributed by atoms with Crippen molar-refractivity contribution in [1.29, 1.82) is 0 Å². The van der Waals surface area contributed by atoms with Crippen molar-refractivity contribution in [2.75, 3.05) is 13.7 Å². The number of benzene rings is 1. The third-order valence-electron chi connectivity index (χ3n) is 4.00. The number of rotatable bonds is 6. The zero-order valence-corrected chi connectivity index (χ0v) is 12.0. The van der Waals surface area contributed by atoms with Crippen molar-refractivity contribution in [3.8, 4) is 5.75 Å². The van der Waals surface area contributed by atoms with E-state index in [9.17, 15) is 4.79 Å². The standard InChI is InChI=1S/C16H23NO3/c1-20-15-7-2-4-12(10-15)8-9-17-14-6-3-5-13(11-14)16(18)19/h2,4,7,10,13-14,17H,3,5-6,8-9,11H2,1H3,(H,18,19). The molecule has 4 heteroatoms. The van der Waals surface area contributed by atoms with Crippen LogP contribution in [0.2, 0.25) is 0 Å². The predicted molar refractivity (Wildman–Crippen MR) is 78.1 cm³/mol. The largest absolute Gasteiger partial charge is 0.497 e. The van der Waals surface area contributed by atoms with E-state index in [0.29, 0.717) is 6.04 Å². The first-order valence-electron chi connectivity index (χ1n) is 7.28. The first-order valence-corrected chi connectivity index (χ1v) is 7.28. The highest BCUT2D eigenvalue weighted by atomic mass is 16.5. The van der Waals surface area contributed by atoms with E-state index < -0.39 is 5.97 Å². The maximum atomic E-state index is 11.0. The highest BCUT2D eigenvalue weighted by Crippen LogP contribution is 2.24. The molecule has 1 saturated carbocycles. The number of aliphatic carboxylic acids is 1. The maximum Gasteiger partial charge on any atom is 0.306 e. The Morgan fingerprint density at radius 1 is 1.45 bits per heavy atom. The summed E-state index contributed by atoms with van der Waals surface area (Å²) in [5.74, 6) is 0.0634. The van der Waals surface area contributed by atoms with Gasteiger partial charge in [-0.05, 0) is 49.9 Å². The Balaban J connectivity index is 1.76. The first kappa shape index (κ1) is 14.9. The summed E-state index contributed by atoms with van der Waals surface area (Å²) in [6, 6.07) is 8.41. The molecule has 0 aliphatic heterocycles. The Morgan fingerprint density at radius 3 is 3.05 bits per heavy atom. The zero-order chi connectivity index (χ0) is 14.4. The SMILES string of the molecule is COc1cccc(CCNC2CCCC(C(=O)O)C2)c1. The molecule has 1 fully saturated rings. The molecule has 1 aliphatic carbocycles. The van der Waals surface area contributed by atoms with Crippen LogP contribution in [0.3, 0.4) is 0 Å². The van der Waals surface area contributed by atoms with Gasteiger partial charge in [0.2, 0.25) is 0 Å². The first-order chi connectivity index (χ1) is 9.69. The average molecular weight is 277 g/mol. The lowest BCUT2D eigenvalue weighted by Crippen LogP contribution is -2.37. The van der Waals surface area contributed by atoms with Crippen LogP contribution < -0.4 is 10.1 Å². The third kappa shape index (κ3) is 4.23. The van der Waals surface area contributed by atoms with Crippen LogP contribution in [-0.2, 0) is 11.2 Å². The summed E-state index contributed by atoms with van der Waals surface area (Å²) in [4.78, 5) is 11.0. The lowest BCUT2D eigenvalue weighted by atomic mass is 9.86. The molecule has 2 unspecified atom stereocenters. The van der Waals surface area contributed by atoms with Crippen LogP contribution in [0.1, 0.15) is 31.2 Å². The van der Waals surface area contributed by atoms with Gasteiger partial charge in [0.15, 0.2) is 0 Å². The lowest BCUT2D eigenvalue weighted by molar-refractivity contribution is -0.143. The van der Waals surface area contributed by atoms with Crippen molar-refractivity contribution >= 4 is 5.97 Å². The summed E-state index contributed by atoms with van der Waals surface area (Å²) in [5, 5.41) is 12.6. The number of nitrogens with one attached hydrogen (secondary N) is 1. The van der Waals surface area contributed by atoms with Crippen LogP contribution in [0, 0.1) is 5.92 Å². The molecule has 0 heterocycles. The van der Waals surface area contributed by atoms with Crippen molar-refractivity contribution in [2.24, 2.45) is 5.92 Å². The molecule has 2 rings (SSSR count). The molecule has 110 valence electrons. The van der Waals surface area contributed by atoms with Gasteiger partial charge in [0, 0.05) is 6.04 Å². The van der Waals surface area contributed by atoms with Crippen LogP contribution in [-0.4, -0.2) is 30.8 Å². The second-order valence-electron chi connectivity index (χ2n) is 5.45. The summed E-state index contributed by atoms with van der Waals surface area (Å²) in [6.45, 7) is 0.879. The molecule has 0 bridgehead atoms. The molecule has 20 heavy (non-hydrogen) atoms. The van der Waals surface area contributed by atoms with E-state index in [1.54, 1.807) is 7.11 Å². The van der Waals surface area contributed by atoms with E-state index in [0.717, 1.165) is 44.4 Å². The van der Waals surface area contributed by atoms with Gasteiger partial charge in [0.1, 0.15) is 5.75 Å². The summed E-state index contributed by atoms with van der Waals surface area (Å²) in [5.41, 5.74) is 1.24. The minimum atomic E-state index is -0.649. The summed E-state index contributed by atoms with van der Waals surface area (Å²) in [6.07, 6.45) is 4.61. The number of carboxylic acids is 1. The van der Waals surface area contributed by atoms with Crippen molar-refractivity contribution < 1.29 is 14.6 Å². The van der Waals surface area contributed by atoms with Gasteiger partial charge < -0.3 is 15.2 Å². The van der Waals surface area contributed by atoms with Crippen LogP contribution >= 0.6 is 0 Å². The number of ether oxygens (including phenoxy) is 1. The Kier molecular flexibility index (Phi) is 5.41. The van der Waals surface area contributed by atoms with Gasteiger partial charge in [-0.2, -0.15) is 0 Å². The maximum absolute atomic E-state index is 11.0. The molecule has 0 spiro atoms. The van der Waals surface area contributed by atoms with Gasteiger partial charge in [-0.15, -0.1) is 0 Å². The summed E-state index contributed by atoms with van der Waals surface area (Å²) >= 11 is 0. The molecule has 2 atom stereocenters. The van der Waals surface area contributed by atoms with Crippen molar-refractivity contribution in [1.82, 2.24) is 5.32 Å². The van der Waals surface area contributed by atoms with E-state index in [2.05, 4.69) is 11.4 Å². The normalized spacial score (nSPS) is 22.4. The Hall–Kier alpha value is -1.55. The number of carboxylic acid groups (broad SMARTS) is 1. The second kappa shape index (κ2) is 7.29. The number of carbonyl (C=O) groups is 1. The number of hydrogen-bond acceptors (Lipinski definition) is 3. The third-order valence-corrected chi connectivity index (χ3v) is 4.00. The predicted octanol–water partition coefficient (Wildman–Crippen LogP) is 2.47. The second-order valence-corrected chi connectivity index (χ2v) is 5.45. The molecular formula is C16H23NO3. The Bertz CT molecular complexity index is 447. The molecule has 1 aromatic carbocycles. The quantitative estimate of drug-likeness (QED) is 0.838. The molecule has 0 radical (unpaired) electrons. The lowest BCUT2D eigenvalue weighted by Gasteiger charge is -2.27. The van der Waals surface area contributed by atoms with E-state index in [1.165, 1.54) is 5.56 Å². The zero-order valence-electron chi connectivity index (χ0n) is 12.0. The topological polar surface area (TPSA) is 58.6 Å². The molecular weight excluding hydrogens is 254 g/mol. The molecule has 1 aliphatic rings.